The van der Waals surface area contributed by atoms with Crippen LogP contribution in [0.1, 0.15) is 34.8 Å². The molecule has 1 aliphatic carbocycles. The Hall–Kier alpha value is -2.99. The van der Waals surface area contributed by atoms with Crippen molar-refractivity contribution < 1.29 is 24.2 Å². The zero-order valence-corrected chi connectivity index (χ0v) is 17.4. The number of nitrogens with two attached hydrogens (primary N) is 1. The van der Waals surface area contributed by atoms with Crippen molar-refractivity contribution >= 4 is 34.8 Å². The number of nitrogen functional groups attached to an aromatic ring is 1. The normalized spacial score (nSPS) is 20.5. The molecular weight excluding hydrogens is 412 g/mol. The Balaban J connectivity index is 0.00000101. The number of carboxylic acid groups (broad SMARTS) is 1. The first-order valence-corrected chi connectivity index (χ1v) is 10.2. The van der Waals surface area contributed by atoms with Gasteiger partial charge >= 0.3 is 0 Å². The van der Waals surface area contributed by atoms with Gasteiger partial charge in [0.1, 0.15) is 10.7 Å². The number of nitrogens with one attached hydrogen (secondary N) is 3. The number of aromatic amines is 1. The van der Waals surface area contributed by atoms with Crippen LogP contribution in [0, 0.1) is 5.92 Å². The highest BCUT2D eigenvalue weighted by molar-refractivity contribution is 7.15. The van der Waals surface area contributed by atoms with Gasteiger partial charge in [-0.05, 0) is 31.4 Å². The van der Waals surface area contributed by atoms with E-state index in [0.29, 0.717) is 43.1 Å². The van der Waals surface area contributed by atoms with E-state index < -0.39 is 0 Å². The summed E-state index contributed by atoms with van der Waals surface area (Å²) < 4.78 is 5.54. The third-order valence-electron chi connectivity index (χ3n) is 4.74. The first-order chi connectivity index (χ1) is 14.5. The Labute approximate surface area is 177 Å². The highest BCUT2D eigenvalue weighted by atomic mass is 32.1. The molecule has 11 nitrogen and oxygen atoms in total. The average molecular weight is 439 g/mol. The van der Waals surface area contributed by atoms with E-state index >= 15 is 0 Å². The maximum Gasteiger partial charge on any atom is 0.290 e. The molecule has 1 aliphatic rings. The van der Waals surface area contributed by atoms with Gasteiger partial charge in [-0.2, -0.15) is 0 Å². The summed E-state index contributed by atoms with van der Waals surface area (Å²) in [5.74, 6) is -0.289. The minimum absolute atomic E-state index is 0.00341. The van der Waals surface area contributed by atoms with Crippen LogP contribution in [0.25, 0.3) is 0 Å². The van der Waals surface area contributed by atoms with Crippen LogP contribution in [0.5, 0.6) is 0 Å². The Bertz CT molecular complexity index is 812. The minimum atomic E-state index is -0.250. The number of anilines is 1. The first kappa shape index (κ1) is 23.3. The Kier molecular flexibility index (Phi) is 9.22. The third-order valence-corrected chi connectivity index (χ3v) is 5.56. The van der Waals surface area contributed by atoms with Crippen molar-refractivity contribution in [2.75, 3.05) is 19.4 Å². The molecule has 12 heteroatoms. The molecule has 2 aromatic heterocycles. The molecule has 2 amide bonds. The molecule has 0 aliphatic heterocycles. The third kappa shape index (κ3) is 6.81. The lowest BCUT2D eigenvalue weighted by Gasteiger charge is -2.35. The quantitative estimate of drug-likeness (QED) is 0.387. The minimum Gasteiger partial charge on any atom is -0.483 e. The molecule has 0 bridgehead atoms. The van der Waals surface area contributed by atoms with Crippen LogP contribution in [0.2, 0.25) is 0 Å². The van der Waals surface area contributed by atoms with Gasteiger partial charge in [0.15, 0.2) is 0 Å². The summed E-state index contributed by atoms with van der Waals surface area (Å²) in [5, 5.41) is 21.8. The monoisotopic (exact) mass is 438 g/mol. The van der Waals surface area contributed by atoms with Gasteiger partial charge in [0.2, 0.25) is 11.0 Å². The Morgan fingerprint density at radius 2 is 2.20 bits per heavy atom. The van der Waals surface area contributed by atoms with Crippen molar-refractivity contribution in [3.63, 3.8) is 0 Å². The number of carbonyl (C=O) groups is 3. The molecule has 164 valence electrons. The van der Waals surface area contributed by atoms with Crippen LogP contribution < -0.4 is 16.4 Å². The van der Waals surface area contributed by atoms with E-state index in [1.807, 2.05) is 0 Å². The maximum atomic E-state index is 12.5. The van der Waals surface area contributed by atoms with Crippen molar-refractivity contribution in [3.8, 4) is 0 Å². The molecular formula is C18H26N6O5S. The van der Waals surface area contributed by atoms with Crippen LogP contribution >= 0.6 is 11.3 Å². The van der Waals surface area contributed by atoms with Crippen LogP contribution in [0.15, 0.2) is 18.3 Å². The molecule has 30 heavy (non-hydrogen) atoms. The van der Waals surface area contributed by atoms with Crippen molar-refractivity contribution in [2.45, 2.75) is 37.8 Å². The van der Waals surface area contributed by atoms with Gasteiger partial charge in [0.05, 0.1) is 12.1 Å². The number of aromatic nitrogens is 3. The van der Waals surface area contributed by atoms with Gasteiger partial charge in [0, 0.05) is 32.2 Å². The lowest BCUT2D eigenvalue weighted by atomic mass is 9.83. The number of carbonyl (C=O) groups excluding carboxylic acids is 2. The maximum absolute atomic E-state index is 12.5. The summed E-state index contributed by atoms with van der Waals surface area (Å²) >= 11 is 1.33. The molecule has 0 spiro atoms. The van der Waals surface area contributed by atoms with Crippen LogP contribution in [-0.4, -0.2) is 64.4 Å². The highest BCUT2D eigenvalue weighted by Crippen LogP contribution is 2.27. The van der Waals surface area contributed by atoms with Crippen LogP contribution in [0.3, 0.4) is 0 Å². The van der Waals surface area contributed by atoms with Gasteiger partial charge in [-0.25, -0.2) is 0 Å². The summed E-state index contributed by atoms with van der Waals surface area (Å²) in [6, 6.07) is 3.39. The van der Waals surface area contributed by atoms with Crippen molar-refractivity contribution in [3.05, 3.63) is 29.0 Å². The standard InChI is InChI=1S/C17H24N6O3S.CH2O2/c1-26-13-9-10(15(24)20-8-6-14-22-23-17(18)27-14)4-5-11(13)21-16(25)12-3-2-7-19-12;2-1-3/h2-3,7,10-11,13,19H,4-6,8-9H2,1H3,(H2,18,23)(H,20,24)(H,21,25);1H,(H,2,3)/t10-,11+,13+;/m0./s1. The Morgan fingerprint density at radius 3 is 2.80 bits per heavy atom. The summed E-state index contributed by atoms with van der Waals surface area (Å²) in [6.07, 6.45) is 4.08. The summed E-state index contributed by atoms with van der Waals surface area (Å²) in [4.78, 5) is 35.9. The molecule has 0 radical (unpaired) electrons. The van der Waals surface area contributed by atoms with Gasteiger partial charge in [-0.3, -0.25) is 14.4 Å². The smallest absolute Gasteiger partial charge is 0.290 e. The second-order valence-electron chi connectivity index (χ2n) is 6.63. The predicted molar refractivity (Wildman–Crippen MR) is 110 cm³/mol. The molecule has 3 atom stereocenters. The fraction of sp³-hybridized carbons (Fsp3) is 0.500. The summed E-state index contributed by atoms with van der Waals surface area (Å²) in [7, 11) is 1.61. The average Bonchev–Trinajstić information content (AvgIpc) is 3.41. The van der Waals surface area contributed by atoms with Gasteiger partial charge in [-0.1, -0.05) is 11.3 Å². The summed E-state index contributed by atoms with van der Waals surface area (Å²) in [6.45, 7) is 0.245. The van der Waals surface area contributed by atoms with Crippen molar-refractivity contribution in [2.24, 2.45) is 5.92 Å². The van der Waals surface area contributed by atoms with Crippen LogP contribution in [-0.2, 0) is 20.7 Å². The zero-order chi connectivity index (χ0) is 21.9. The number of ether oxygens (including phenoxy) is 1. The number of amides is 2. The predicted octanol–water partition coefficient (Wildman–Crippen LogP) is 0.422. The van der Waals surface area contributed by atoms with Crippen molar-refractivity contribution in [1.29, 1.82) is 0 Å². The number of methoxy groups -OCH3 is 1. The van der Waals surface area contributed by atoms with Gasteiger partial charge in [-0.15, -0.1) is 10.2 Å². The molecule has 1 fully saturated rings. The fourth-order valence-electron chi connectivity index (χ4n) is 3.32. The molecule has 0 saturated heterocycles. The van der Waals surface area contributed by atoms with Crippen molar-refractivity contribution in [1.82, 2.24) is 25.8 Å². The summed E-state index contributed by atoms with van der Waals surface area (Å²) in [5.41, 5.74) is 6.06. The number of rotatable bonds is 7. The molecule has 1 saturated carbocycles. The molecule has 0 aromatic carbocycles. The highest BCUT2D eigenvalue weighted by Gasteiger charge is 2.35. The first-order valence-electron chi connectivity index (χ1n) is 9.39. The Morgan fingerprint density at radius 1 is 1.43 bits per heavy atom. The zero-order valence-electron chi connectivity index (χ0n) is 16.5. The van der Waals surface area contributed by atoms with Gasteiger partial charge in [0.25, 0.3) is 12.4 Å². The van der Waals surface area contributed by atoms with E-state index in [9.17, 15) is 9.59 Å². The lowest BCUT2D eigenvalue weighted by Crippen LogP contribution is -2.50. The fourth-order valence-corrected chi connectivity index (χ4v) is 3.92. The van der Waals surface area contributed by atoms with E-state index in [4.69, 9.17) is 20.4 Å². The largest absolute Gasteiger partial charge is 0.483 e. The van der Waals surface area contributed by atoms with E-state index in [1.165, 1.54) is 11.3 Å². The molecule has 2 aromatic rings. The molecule has 3 rings (SSSR count). The molecule has 2 heterocycles. The molecule has 6 N–H and O–H groups in total. The second kappa shape index (κ2) is 11.9. The van der Waals surface area contributed by atoms with Gasteiger partial charge < -0.3 is 31.2 Å². The van der Waals surface area contributed by atoms with E-state index in [-0.39, 0.29) is 36.4 Å². The topological polar surface area (TPSA) is 172 Å². The van der Waals surface area contributed by atoms with Crippen LogP contribution in [0.4, 0.5) is 5.13 Å². The number of hydrogen-bond acceptors (Lipinski definition) is 8. The number of H-pyrrole nitrogens is 1. The number of nitrogens with zero attached hydrogens (tertiary/aromatic N) is 2. The lowest BCUT2D eigenvalue weighted by molar-refractivity contribution is -0.128. The SMILES string of the molecule is CO[C@@H]1C[C@@H](C(=O)NCCc2nnc(N)s2)CC[C@H]1NC(=O)c1ccc[nH]1.O=CO. The molecule has 0 unspecified atom stereocenters. The number of hydrogen-bond donors (Lipinski definition) is 5. The second-order valence-corrected chi connectivity index (χ2v) is 7.72. The van der Waals surface area contributed by atoms with E-state index in [1.54, 1.807) is 25.4 Å². The van der Waals surface area contributed by atoms with E-state index in [0.717, 1.165) is 5.01 Å². The van der Waals surface area contributed by atoms with E-state index in [2.05, 4.69) is 25.8 Å².